The number of hydrogen-bond donors (Lipinski definition) is 2. The standard InChI is InChI=1S/C21H13F5N4O2/c22-15-7-5-12(9-14(15)21(24,25)26)30(20(28)31)11-3-1-10(2-4-11)13-6-8-16(23)18-17(13)19(27)29-32-18/h1-9H,(H2,27,29)(H2,28,31). The van der Waals surface area contributed by atoms with E-state index in [1.807, 2.05) is 0 Å². The summed E-state index contributed by atoms with van der Waals surface area (Å²) in [5, 5.41) is 3.81. The first-order valence-corrected chi connectivity index (χ1v) is 8.98. The second kappa shape index (κ2) is 7.52. The van der Waals surface area contributed by atoms with Crippen LogP contribution in [0.15, 0.2) is 59.1 Å². The number of amides is 2. The molecule has 0 aliphatic heterocycles. The van der Waals surface area contributed by atoms with Crippen molar-refractivity contribution in [3.63, 3.8) is 0 Å². The fraction of sp³-hybridized carbons (Fsp3) is 0.0476. The maximum absolute atomic E-state index is 13.9. The van der Waals surface area contributed by atoms with Crippen molar-refractivity contribution in [2.75, 3.05) is 10.6 Å². The van der Waals surface area contributed by atoms with Crippen molar-refractivity contribution in [2.45, 2.75) is 6.18 Å². The minimum absolute atomic E-state index is 0.0247. The number of nitrogen functional groups attached to an aromatic ring is 1. The zero-order valence-electron chi connectivity index (χ0n) is 16.0. The molecule has 0 unspecified atom stereocenters. The van der Waals surface area contributed by atoms with Gasteiger partial charge in [-0.05, 0) is 47.5 Å². The highest BCUT2D eigenvalue weighted by Crippen LogP contribution is 2.37. The lowest BCUT2D eigenvalue weighted by Crippen LogP contribution is -2.31. The first-order chi connectivity index (χ1) is 15.1. The molecule has 3 aromatic carbocycles. The predicted molar refractivity (Wildman–Crippen MR) is 107 cm³/mol. The maximum atomic E-state index is 13.9. The molecule has 0 aliphatic carbocycles. The monoisotopic (exact) mass is 448 g/mol. The Bertz CT molecular complexity index is 1330. The Hall–Kier alpha value is -4.15. The number of primary amides is 1. The van der Waals surface area contributed by atoms with Gasteiger partial charge in [0.25, 0.3) is 0 Å². The van der Waals surface area contributed by atoms with Crippen molar-refractivity contribution in [3.8, 4) is 11.1 Å². The van der Waals surface area contributed by atoms with Gasteiger partial charge in [0.15, 0.2) is 11.6 Å². The van der Waals surface area contributed by atoms with E-state index in [-0.39, 0.29) is 28.2 Å². The molecule has 0 radical (unpaired) electrons. The molecule has 4 rings (SSSR count). The van der Waals surface area contributed by atoms with E-state index >= 15 is 0 Å². The van der Waals surface area contributed by atoms with Crippen molar-refractivity contribution in [3.05, 3.63) is 71.8 Å². The Kier molecular flexibility index (Phi) is 4.96. The van der Waals surface area contributed by atoms with E-state index in [0.29, 0.717) is 23.3 Å². The number of alkyl halides is 3. The first kappa shape index (κ1) is 21.1. The van der Waals surface area contributed by atoms with Gasteiger partial charge in [0.05, 0.1) is 22.3 Å². The van der Waals surface area contributed by atoms with Crippen LogP contribution in [0.4, 0.5) is 43.9 Å². The van der Waals surface area contributed by atoms with Gasteiger partial charge in [0, 0.05) is 0 Å². The third-order valence-corrected chi connectivity index (χ3v) is 4.77. The molecule has 0 bridgehead atoms. The van der Waals surface area contributed by atoms with Crippen LogP contribution in [-0.4, -0.2) is 11.2 Å². The van der Waals surface area contributed by atoms with E-state index in [2.05, 4.69) is 5.16 Å². The van der Waals surface area contributed by atoms with Crippen LogP contribution in [0, 0.1) is 11.6 Å². The van der Waals surface area contributed by atoms with Crippen LogP contribution in [0.1, 0.15) is 5.56 Å². The third-order valence-electron chi connectivity index (χ3n) is 4.77. The third kappa shape index (κ3) is 3.57. The van der Waals surface area contributed by atoms with Gasteiger partial charge in [-0.15, -0.1) is 0 Å². The summed E-state index contributed by atoms with van der Waals surface area (Å²) in [6, 6.07) is 9.53. The summed E-state index contributed by atoms with van der Waals surface area (Å²) >= 11 is 0. The summed E-state index contributed by atoms with van der Waals surface area (Å²) < 4.78 is 71.7. The Balaban J connectivity index is 1.77. The number of hydrogen-bond acceptors (Lipinski definition) is 4. The van der Waals surface area contributed by atoms with E-state index in [4.69, 9.17) is 16.0 Å². The molecule has 0 aliphatic rings. The molecular weight excluding hydrogens is 435 g/mol. The van der Waals surface area contributed by atoms with Crippen LogP contribution in [0.5, 0.6) is 0 Å². The highest BCUT2D eigenvalue weighted by Gasteiger charge is 2.35. The Labute approximate surface area is 176 Å². The SMILES string of the molecule is NC(=O)N(c1ccc(-c2ccc(F)c3onc(N)c23)cc1)c1ccc(F)c(C(F)(F)F)c1. The Morgan fingerprint density at radius 1 is 0.938 bits per heavy atom. The average Bonchev–Trinajstić information content (AvgIpc) is 3.12. The highest BCUT2D eigenvalue weighted by molar-refractivity contribution is 6.02. The number of urea groups is 1. The number of halogens is 5. The summed E-state index contributed by atoms with van der Waals surface area (Å²) in [6.07, 6.45) is -4.96. The highest BCUT2D eigenvalue weighted by atomic mass is 19.4. The van der Waals surface area contributed by atoms with Crippen LogP contribution >= 0.6 is 0 Å². The quantitative estimate of drug-likeness (QED) is 0.399. The van der Waals surface area contributed by atoms with Crippen LogP contribution in [0.2, 0.25) is 0 Å². The topological polar surface area (TPSA) is 98.4 Å². The van der Waals surface area contributed by atoms with Crippen molar-refractivity contribution in [1.29, 1.82) is 0 Å². The number of anilines is 3. The molecule has 0 atom stereocenters. The lowest BCUT2D eigenvalue weighted by Gasteiger charge is -2.22. The van der Waals surface area contributed by atoms with Gasteiger partial charge in [-0.2, -0.15) is 13.2 Å². The minimum atomic E-state index is -4.96. The Morgan fingerprint density at radius 2 is 1.56 bits per heavy atom. The summed E-state index contributed by atoms with van der Waals surface area (Å²) in [6.45, 7) is 0. The number of benzene rings is 3. The van der Waals surface area contributed by atoms with Gasteiger partial charge in [-0.3, -0.25) is 4.90 Å². The number of carbonyl (C=O) groups is 1. The fourth-order valence-electron chi connectivity index (χ4n) is 3.35. The molecule has 32 heavy (non-hydrogen) atoms. The predicted octanol–water partition coefficient (Wildman–Crippen LogP) is 5.59. The molecule has 164 valence electrons. The minimum Gasteiger partial charge on any atom is -0.380 e. The Morgan fingerprint density at radius 3 is 2.19 bits per heavy atom. The molecule has 2 amide bonds. The lowest BCUT2D eigenvalue weighted by atomic mass is 10.0. The smallest absolute Gasteiger partial charge is 0.380 e. The van der Waals surface area contributed by atoms with Crippen molar-refractivity contribution < 1.29 is 31.3 Å². The van der Waals surface area contributed by atoms with Crippen LogP contribution in [-0.2, 0) is 6.18 Å². The fourth-order valence-corrected chi connectivity index (χ4v) is 3.35. The van der Waals surface area contributed by atoms with Crippen molar-refractivity contribution >= 4 is 34.2 Å². The van der Waals surface area contributed by atoms with Gasteiger partial charge in [0.2, 0.25) is 5.58 Å². The summed E-state index contributed by atoms with van der Waals surface area (Å²) in [7, 11) is 0. The van der Waals surface area contributed by atoms with E-state index in [0.717, 1.165) is 11.0 Å². The zero-order chi connectivity index (χ0) is 23.2. The second-order valence-electron chi connectivity index (χ2n) is 6.75. The summed E-state index contributed by atoms with van der Waals surface area (Å²) in [5.41, 5.74) is 10.4. The van der Waals surface area contributed by atoms with Crippen molar-refractivity contribution in [2.24, 2.45) is 5.73 Å². The normalized spacial score (nSPS) is 11.7. The molecule has 6 nitrogen and oxygen atoms in total. The number of fused-ring (bicyclic) bond motifs is 1. The number of nitrogens with zero attached hydrogens (tertiary/aromatic N) is 2. The lowest BCUT2D eigenvalue weighted by molar-refractivity contribution is -0.139. The van der Waals surface area contributed by atoms with Crippen LogP contribution < -0.4 is 16.4 Å². The molecule has 4 aromatic rings. The average molecular weight is 448 g/mol. The maximum Gasteiger partial charge on any atom is 0.419 e. The van der Waals surface area contributed by atoms with Crippen molar-refractivity contribution in [1.82, 2.24) is 5.16 Å². The molecule has 1 heterocycles. The second-order valence-corrected chi connectivity index (χ2v) is 6.75. The van der Waals surface area contributed by atoms with Gasteiger partial charge in [-0.25, -0.2) is 13.6 Å². The number of aromatic nitrogens is 1. The van der Waals surface area contributed by atoms with Gasteiger partial charge < -0.3 is 16.0 Å². The van der Waals surface area contributed by atoms with Gasteiger partial charge in [-0.1, -0.05) is 23.4 Å². The molecule has 1 aromatic heterocycles. The van der Waals surface area contributed by atoms with E-state index in [1.54, 1.807) is 0 Å². The number of rotatable bonds is 3. The largest absolute Gasteiger partial charge is 0.419 e. The summed E-state index contributed by atoms with van der Waals surface area (Å²) in [5.74, 6) is -2.16. The molecule has 0 spiro atoms. The van der Waals surface area contributed by atoms with Crippen LogP contribution in [0.25, 0.3) is 22.1 Å². The van der Waals surface area contributed by atoms with Gasteiger partial charge >= 0.3 is 12.2 Å². The molecule has 11 heteroatoms. The number of nitrogens with two attached hydrogens (primary N) is 2. The molecule has 0 saturated carbocycles. The summed E-state index contributed by atoms with van der Waals surface area (Å²) in [4.78, 5) is 12.8. The van der Waals surface area contributed by atoms with E-state index < -0.39 is 29.4 Å². The molecular formula is C21H13F5N4O2. The van der Waals surface area contributed by atoms with Crippen LogP contribution in [0.3, 0.4) is 0 Å². The number of carbonyl (C=O) groups excluding carboxylic acids is 1. The zero-order valence-corrected chi connectivity index (χ0v) is 16.0. The molecule has 4 N–H and O–H groups in total. The van der Waals surface area contributed by atoms with E-state index in [9.17, 15) is 26.7 Å². The molecule has 0 saturated heterocycles. The first-order valence-electron chi connectivity index (χ1n) is 8.98. The van der Waals surface area contributed by atoms with Gasteiger partial charge in [0.1, 0.15) is 5.82 Å². The molecule has 0 fully saturated rings. The van der Waals surface area contributed by atoms with E-state index in [1.165, 1.54) is 36.4 Å².